The van der Waals surface area contributed by atoms with Gasteiger partial charge in [0.1, 0.15) is 5.69 Å². The maximum Gasteiger partial charge on any atom is 0.187 e. The molecule has 0 unspecified atom stereocenters. The molecular formula is C12H12N2OS. The summed E-state index contributed by atoms with van der Waals surface area (Å²) in [6, 6.07) is 3.84. The zero-order valence-electron chi connectivity index (χ0n) is 9.23. The van der Waals surface area contributed by atoms with Crippen LogP contribution in [0.4, 0.5) is 0 Å². The van der Waals surface area contributed by atoms with E-state index in [0.29, 0.717) is 12.1 Å². The van der Waals surface area contributed by atoms with Crippen molar-refractivity contribution in [2.24, 2.45) is 0 Å². The number of aromatic nitrogens is 2. The van der Waals surface area contributed by atoms with Crippen molar-refractivity contribution in [1.29, 1.82) is 0 Å². The molecule has 2 aromatic heterocycles. The first-order valence-electron chi connectivity index (χ1n) is 5.02. The highest BCUT2D eigenvalue weighted by Crippen LogP contribution is 2.10. The van der Waals surface area contributed by atoms with Crippen LogP contribution in [-0.4, -0.2) is 15.8 Å². The largest absolute Gasteiger partial charge is 0.292 e. The second-order valence-electron chi connectivity index (χ2n) is 3.68. The molecule has 0 atom stereocenters. The normalized spacial score (nSPS) is 10.4. The van der Waals surface area contributed by atoms with E-state index in [4.69, 9.17) is 0 Å². The van der Waals surface area contributed by atoms with Crippen molar-refractivity contribution in [3.8, 4) is 0 Å². The van der Waals surface area contributed by atoms with Crippen LogP contribution in [0.15, 0.2) is 23.7 Å². The molecule has 4 heteroatoms. The first-order chi connectivity index (χ1) is 7.65. The number of thiazole rings is 1. The van der Waals surface area contributed by atoms with Crippen LogP contribution in [0, 0.1) is 13.8 Å². The van der Waals surface area contributed by atoms with E-state index < -0.39 is 0 Å². The van der Waals surface area contributed by atoms with Gasteiger partial charge in [-0.3, -0.25) is 9.78 Å². The number of hydrogen-bond acceptors (Lipinski definition) is 4. The number of rotatable bonds is 3. The van der Waals surface area contributed by atoms with Crippen molar-refractivity contribution in [3.05, 3.63) is 45.7 Å². The average Bonchev–Trinajstić information content (AvgIpc) is 2.68. The number of carbonyl (C=O) groups excluding carboxylic acids is 1. The van der Waals surface area contributed by atoms with Crippen molar-refractivity contribution in [2.75, 3.05) is 0 Å². The van der Waals surface area contributed by atoms with Gasteiger partial charge in [-0.15, -0.1) is 11.3 Å². The van der Waals surface area contributed by atoms with Gasteiger partial charge in [-0.25, -0.2) is 4.98 Å². The molecule has 0 aromatic carbocycles. The minimum atomic E-state index is 0.0284. The molecule has 2 heterocycles. The van der Waals surface area contributed by atoms with Gasteiger partial charge >= 0.3 is 0 Å². The van der Waals surface area contributed by atoms with Crippen LogP contribution in [0.5, 0.6) is 0 Å². The Morgan fingerprint density at radius 1 is 1.38 bits per heavy atom. The van der Waals surface area contributed by atoms with Gasteiger partial charge in [0.2, 0.25) is 0 Å². The van der Waals surface area contributed by atoms with Crippen molar-refractivity contribution >= 4 is 17.1 Å². The zero-order chi connectivity index (χ0) is 11.5. The summed E-state index contributed by atoms with van der Waals surface area (Å²) in [5, 5.41) is 2.71. The molecule has 0 saturated carbocycles. The molecule has 0 N–H and O–H groups in total. The molecule has 0 radical (unpaired) electrons. The number of nitrogens with zero attached hydrogens (tertiary/aromatic N) is 2. The van der Waals surface area contributed by atoms with E-state index >= 15 is 0 Å². The lowest BCUT2D eigenvalue weighted by molar-refractivity contribution is 0.0987. The predicted molar refractivity (Wildman–Crippen MR) is 63.9 cm³/mol. The van der Waals surface area contributed by atoms with Gasteiger partial charge in [-0.05, 0) is 25.5 Å². The topological polar surface area (TPSA) is 42.9 Å². The Morgan fingerprint density at radius 3 is 2.75 bits per heavy atom. The van der Waals surface area contributed by atoms with Crippen LogP contribution in [0.25, 0.3) is 0 Å². The summed E-state index contributed by atoms with van der Waals surface area (Å²) in [4.78, 5) is 20.2. The van der Waals surface area contributed by atoms with E-state index in [1.165, 1.54) is 11.3 Å². The fourth-order valence-electron chi connectivity index (χ4n) is 1.35. The Hall–Kier alpha value is -1.55. The number of carbonyl (C=O) groups is 1. The highest BCUT2D eigenvalue weighted by molar-refractivity contribution is 7.09. The third-order valence-corrected chi connectivity index (χ3v) is 2.99. The number of ketones is 1. The minimum Gasteiger partial charge on any atom is -0.292 e. The van der Waals surface area contributed by atoms with E-state index in [1.807, 2.05) is 26.0 Å². The van der Waals surface area contributed by atoms with Gasteiger partial charge in [-0.1, -0.05) is 6.07 Å². The molecule has 0 amide bonds. The quantitative estimate of drug-likeness (QED) is 0.764. The molecule has 2 rings (SSSR count). The molecule has 82 valence electrons. The van der Waals surface area contributed by atoms with Gasteiger partial charge in [0.05, 0.1) is 11.4 Å². The van der Waals surface area contributed by atoms with E-state index in [2.05, 4.69) is 9.97 Å². The number of Topliss-reactive ketones (excluding diaryl/α,β-unsaturated/α-hetero) is 1. The average molecular weight is 232 g/mol. The number of hydrogen-bond donors (Lipinski definition) is 0. The van der Waals surface area contributed by atoms with Crippen LogP contribution >= 0.6 is 11.3 Å². The van der Waals surface area contributed by atoms with Crippen molar-refractivity contribution in [3.63, 3.8) is 0 Å². The Balaban J connectivity index is 2.10. The minimum absolute atomic E-state index is 0.0284. The van der Waals surface area contributed by atoms with E-state index in [1.54, 1.807) is 11.6 Å². The monoisotopic (exact) mass is 232 g/mol. The second-order valence-corrected chi connectivity index (χ2v) is 4.74. The summed E-state index contributed by atoms with van der Waals surface area (Å²) in [6.45, 7) is 3.87. The third-order valence-electron chi connectivity index (χ3n) is 2.22. The summed E-state index contributed by atoms with van der Waals surface area (Å²) in [5.41, 5.74) is 2.44. The third kappa shape index (κ3) is 2.52. The van der Waals surface area contributed by atoms with E-state index in [0.717, 1.165) is 16.3 Å². The Kier molecular flexibility index (Phi) is 3.10. The molecule has 0 aliphatic rings. The smallest absolute Gasteiger partial charge is 0.187 e. The molecular weight excluding hydrogens is 220 g/mol. The molecule has 0 aliphatic carbocycles. The fourth-order valence-corrected chi connectivity index (χ4v) is 1.97. The first kappa shape index (κ1) is 11.0. The van der Waals surface area contributed by atoms with Gasteiger partial charge in [0.25, 0.3) is 0 Å². The van der Waals surface area contributed by atoms with Crippen LogP contribution in [0.2, 0.25) is 0 Å². The lowest BCUT2D eigenvalue weighted by Gasteiger charge is -1.98. The molecule has 0 saturated heterocycles. The Labute approximate surface area is 98.2 Å². The summed E-state index contributed by atoms with van der Waals surface area (Å²) in [5.74, 6) is 0.0284. The molecule has 0 aliphatic heterocycles. The number of pyridine rings is 1. The standard InChI is InChI=1S/C12H12N2OS/c1-8-3-4-10(13-6-8)5-12(15)11-7-16-9(2)14-11/h3-4,6-7H,5H2,1-2H3. The van der Waals surface area contributed by atoms with Crippen LogP contribution in [0.1, 0.15) is 26.8 Å². The molecule has 0 spiro atoms. The van der Waals surface area contributed by atoms with Crippen LogP contribution in [0.3, 0.4) is 0 Å². The SMILES string of the molecule is Cc1ccc(CC(=O)c2csc(C)n2)nc1. The second kappa shape index (κ2) is 4.53. The summed E-state index contributed by atoms with van der Waals surface area (Å²) in [7, 11) is 0. The molecule has 16 heavy (non-hydrogen) atoms. The van der Waals surface area contributed by atoms with E-state index in [-0.39, 0.29) is 5.78 Å². The van der Waals surface area contributed by atoms with Gasteiger partial charge in [0, 0.05) is 17.3 Å². The summed E-state index contributed by atoms with van der Waals surface area (Å²) in [6.07, 6.45) is 2.10. The molecule has 3 nitrogen and oxygen atoms in total. The molecule has 0 bridgehead atoms. The molecule has 0 fully saturated rings. The van der Waals surface area contributed by atoms with Gasteiger partial charge in [0.15, 0.2) is 5.78 Å². The van der Waals surface area contributed by atoms with Crippen molar-refractivity contribution in [1.82, 2.24) is 9.97 Å². The van der Waals surface area contributed by atoms with Crippen molar-refractivity contribution in [2.45, 2.75) is 20.3 Å². The maximum absolute atomic E-state index is 11.8. The van der Waals surface area contributed by atoms with Crippen LogP contribution in [-0.2, 0) is 6.42 Å². The number of aryl methyl sites for hydroxylation is 2. The maximum atomic E-state index is 11.8. The van der Waals surface area contributed by atoms with Gasteiger partial charge in [-0.2, -0.15) is 0 Å². The Bertz CT molecular complexity index is 502. The molecule has 2 aromatic rings. The fraction of sp³-hybridized carbons (Fsp3) is 0.250. The zero-order valence-corrected chi connectivity index (χ0v) is 10.0. The highest BCUT2D eigenvalue weighted by Gasteiger charge is 2.10. The highest BCUT2D eigenvalue weighted by atomic mass is 32.1. The van der Waals surface area contributed by atoms with Crippen molar-refractivity contribution < 1.29 is 4.79 Å². The van der Waals surface area contributed by atoms with Gasteiger partial charge < -0.3 is 0 Å². The van der Waals surface area contributed by atoms with Crippen LogP contribution < -0.4 is 0 Å². The summed E-state index contributed by atoms with van der Waals surface area (Å²) < 4.78 is 0. The summed E-state index contributed by atoms with van der Waals surface area (Å²) >= 11 is 1.49. The predicted octanol–water partition coefficient (Wildman–Crippen LogP) is 2.58. The lowest BCUT2D eigenvalue weighted by atomic mass is 10.1. The van der Waals surface area contributed by atoms with E-state index in [9.17, 15) is 4.79 Å². The first-order valence-corrected chi connectivity index (χ1v) is 5.90. The lowest BCUT2D eigenvalue weighted by Crippen LogP contribution is -2.05. The Morgan fingerprint density at radius 2 is 2.19 bits per heavy atom.